The highest BCUT2D eigenvalue weighted by atomic mass is 32.1. The Hall–Kier alpha value is -2.28. The first-order valence-electron chi connectivity index (χ1n) is 9.52. The molecule has 0 amide bonds. The third kappa shape index (κ3) is 3.04. The Morgan fingerprint density at radius 2 is 1.70 bits per heavy atom. The monoisotopic (exact) mass is 380 g/mol. The van der Waals surface area contributed by atoms with Gasteiger partial charge in [0.05, 0.1) is 16.6 Å². The minimum absolute atomic E-state index is 0.0420. The fourth-order valence-electron chi connectivity index (χ4n) is 4.13. The molecule has 27 heavy (non-hydrogen) atoms. The summed E-state index contributed by atoms with van der Waals surface area (Å²) < 4.78 is 1.22. The van der Waals surface area contributed by atoms with Crippen LogP contribution in [0.1, 0.15) is 26.5 Å². The van der Waals surface area contributed by atoms with Crippen molar-refractivity contribution in [3.8, 4) is 0 Å². The van der Waals surface area contributed by atoms with Crippen molar-refractivity contribution in [1.29, 1.82) is 0 Å². The van der Waals surface area contributed by atoms with Crippen LogP contribution in [0.2, 0.25) is 0 Å². The molecule has 5 heterocycles. The standard InChI is InChI=1S/C20H24N6S/c1-20(2,3)17-4-5-18(24-23-17)25-9-13-11-26(12-14(13)10-25)19-22-15-8-21-7-6-16(15)27-19/h4-8,13-14H,9-12H2,1-3H3. The number of pyridine rings is 1. The van der Waals surface area contributed by atoms with Crippen molar-refractivity contribution >= 4 is 32.5 Å². The maximum Gasteiger partial charge on any atom is 0.186 e. The Morgan fingerprint density at radius 3 is 2.33 bits per heavy atom. The summed E-state index contributed by atoms with van der Waals surface area (Å²) in [5.74, 6) is 2.34. The summed E-state index contributed by atoms with van der Waals surface area (Å²) in [6, 6.07) is 6.31. The van der Waals surface area contributed by atoms with Gasteiger partial charge in [-0.2, -0.15) is 5.10 Å². The second-order valence-corrected chi connectivity index (χ2v) is 9.71. The molecule has 2 unspecified atom stereocenters. The molecule has 5 rings (SSSR count). The van der Waals surface area contributed by atoms with Crippen molar-refractivity contribution in [1.82, 2.24) is 20.2 Å². The topological polar surface area (TPSA) is 58.0 Å². The first-order chi connectivity index (χ1) is 13.0. The molecule has 2 fully saturated rings. The van der Waals surface area contributed by atoms with Crippen LogP contribution >= 0.6 is 11.3 Å². The van der Waals surface area contributed by atoms with E-state index in [-0.39, 0.29) is 5.41 Å². The van der Waals surface area contributed by atoms with Gasteiger partial charge in [-0.1, -0.05) is 32.1 Å². The second kappa shape index (κ2) is 6.12. The lowest BCUT2D eigenvalue weighted by molar-refractivity contribution is 0.533. The largest absolute Gasteiger partial charge is 0.354 e. The van der Waals surface area contributed by atoms with Crippen LogP contribution in [-0.2, 0) is 5.41 Å². The number of hydrogen-bond acceptors (Lipinski definition) is 7. The Bertz CT molecular complexity index is 914. The highest BCUT2D eigenvalue weighted by Crippen LogP contribution is 2.38. The smallest absolute Gasteiger partial charge is 0.186 e. The van der Waals surface area contributed by atoms with Gasteiger partial charge in [0.25, 0.3) is 0 Å². The van der Waals surface area contributed by atoms with Gasteiger partial charge in [-0.3, -0.25) is 4.98 Å². The lowest BCUT2D eigenvalue weighted by atomic mass is 9.92. The van der Waals surface area contributed by atoms with E-state index in [0.717, 1.165) is 48.3 Å². The lowest BCUT2D eigenvalue weighted by Crippen LogP contribution is -2.29. The summed E-state index contributed by atoms with van der Waals surface area (Å²) in [4.78, 5) is 13.8. The Labute approximate surface area is 163 Å². The third-order valence-corrected chi connectivity index (χ3v) is 6.78. The van der Waals surface area contributed by atoms with Crippen molar-refractivity contribution in [2.45, 2.75) is 26.2 Å². The fraction of sp³-hybridized carbons (Fsp3) is 0.500. The van der Waals surface area contributed by atoms with Gasteiger partial charge in [-0.05, 0) is 18.2 Å². The Kier molecular flexibility index (Phi) is 3.82. The highest BCUT2D eigenvalue weighted by molar-refractivity contribution is 7.22. The zero-order valence-corrected chi connectivity index (χ0v) is 16.8. The molecule has 6 nitrogen and oxygen atoms in total. The molecule has 3 aromatic rings. The molecular formula is C20H24N6S. The molecule has 0 saturated carbocycles. The molecule has 0 aliphatic carbocycles. The molecule has 0 radical (unpaired) electrons. The lowest BCUT2D eigenvalue weighted by Gasteiger charge is -2.23. The van der Waals surface area contributed by atoms with Crippen molar-refractivity contribution < 1.29 is 0 Å². The molecule has 0 aromatic carbocycles. The van der Waals surface area contributed by atoms with Crippen LogP contribution in [0.3, 0.4) is 0 Å². The van der Waals surface area contributed by atoms with E-state index in [2.05, 4.69) is 64.0 Å². The van der Waals surface area contributed by atoms with Gasteiger partial charge in [0, 0.05) is 49.6 Å². The van der Waals surface area contributed by atoms with E-state index < -0.39 is 0 Å². The van der Waals surface area contributed by atoms with E-state index >= 15 is 0 Å². The van der Waals surface area contributed by atoms with Crippen LogP contribution in [0.4, 0.5) is 10.9 Å². The summed E-state index contributed by atoms with van der Waals surface area (Å²) >= 11 is 1.77. The summed E-state index contributed by atoms with van der Waals surface area (Å²) in [6.07, 6.45) is 3.70. The molecule has 2 atom stereocenters. The average molecular weight is 381 g/mol. The molecule has 0 spiro atoms. The zero-order chi connectivity index (χ0) is 18.6. The molecule has 140 valence electrons. The minimum Gasteiger partial charge on any atom is -0.354 e. The van der Waals surface area contributed by atoms with Gasteiger partial charge in [0.2, 0.25) is 0 Å². The van der Waals surface area contributed by atoms with E-state index in [1.165, 1.54) is 4.70 Å². The summed E-state index contributed by atoms with van der Waals surface area (Å²) in [6.45, 7) is 10.8. The van der Waals surface area contributed by atoms with E-state index in [1.54, 1.807) is 11.3 Å². The first kappa shape index (κ1) is 16.9. The predicted octanol–water partition coefficient (Wildman–Crippen LogP) is 3.35. The maximum absolute atomic E-state index is 4.78. The summed E-state index contributed by atoms with van der Waals surface area (Å²) in [7, 11) is 0. The average Bonchev–Trinajstić information content (AvgIpc) is 3.33. The van der Waals surface area contributed by atoms with Gasteiger partial charge in [-0.25, -0.2) is 4.98 Å². The van der Waals surface area contributed by atoms with Gasteiger partial charge >= 0.3 is 0 Å². The van der Waals surface area contributed by atoms with Gasteiger partial charge < -0.3 is 9.80 Å². The Morgan fingerprint density at radius 1 is 0.963 bits per heavy atom. The highest BCUT2D eigenvalue weighted by Gasteiger charge is 2.41. The molecule has 7 heteroatoms. The van der Waals surface area contributed by atoms with Crippen molar-refractivity contribution in [3.63, 3.8) is 0 Å². The molecular weight excluding hydrogens is 356 g/mol. The molecule has 2 saturated heterocycles. The normalized spacial score (nSPS) is 22.6. The van der Waals surface area contributed by atoms with Gasteiger partial charge in [0.15, 0.2) is 10.9 Å². The first-order valence-corrected chi connectivity index (χ1v) is 10.3. The van der Waals surface area contributed by atoms with Crippen LogP contribution in [0.25, 0.3) is 10.2 Å². The molecule has 3 aromatic heterocycles. The number of rotatable bonds is 2. The number of thiazole rings is 1. The number of anilines is 2. The number of nitrogens with zero attached hydrogens (tertiary/aromatic N) is 6. The second-order valence-electron chi connectivity index (χ2n) is 8.70. The summed E-state index contributed by atoms with van der Waals surface area (Å²) in [5, 5.41) is 10.1. The SMILES string of the molecule is CC(C)(C)c1ccc(N2CC3CN(c4nc5cnccc5s4)CC3C2)nn1. The van der Waals surface area contributed by atoms with Crippen molar-refractivity contribution in [2.24, 2.45) is 11.8 Å². The Balaban J connectivity index is 1.28. The molecule has 2 aliphatic rings. The van der Waals surface area contributed by atoms with Crippen molar-refractivity contribution in [2.75, 3.05) is 36.0 Å². The van der Waals surface area contributed by atoms with Crippen LogP contribution in [0, 0.1) is 11.8 Å². The summed E-state index contributed by atoms with van der Waals surface area (Å²) in [5.41, 5.74) is 2.09. The number of aromatic nitrogens is 4. The molecule has 2 aliphatic heterocycles. The predicted molar refractivity (Wildman–Crippen MR) is 110 cm³/mol. The van der Waals surface area contributed by atoms with E-state index in [9.17, 15) is 0 Å². The number of hydrogen-bond donors (Lipinski definition) is 0. The van der Waals surface area contributed by atoms with E-state index in [1.807, 2.05) is 12.4 Å². The third-order valence-electron chi connectivity index (χ3n) is 5.68. The zero-order valence-electron chi connectivity index (χ0n) is 16.0. The maximum atomic E-state index is 4.78. The number of fused-ring (bicyclic) bond motifs is 2. The quantitative estimate of drug-likeness (QED) is 0.680. The van der Waals surface area contributed by atoms with Crippen LogP contribution in [0.15, 0.2) is 30.6 Å². The minimum atomic E-state index is 0.0420. The van der Waals surface area contributed by atoms with Crippen molar-refractivity contribution in [3.05, 3.63) is 36.3 Å². The van der Waals surface area contributed by atoms with Gasteiger partial charge in [0.1, 0.15) is 5.52 Å². The fourth-order valence-corrected chi connectivity index (χ4v) is 5.08. The van der Waals surface area contributed by atoms with Gasteiger partial charge in [-0.15, -0.1) is 5.10 Å². The van der Waals surface area contributed by atoms with E-state index in [0.29, 0.717) is 11.8 Å². The van der Waals surface area contributed by atoms with Crippen LogP contribution in [-0.4, -0.2) is 46.3 Å². The molecule has 0 N–H and O–H groups in total. The van der Waals surface area contributed by atoms with Crippen LogP contribution in [0.5, 0.6) is 0 Å². The van der Waals surface area contributed by atoms with Crippen LogP contribution < -0.4 is 9.80 Å². The van der Waals surface area contributed by atoms with E-state index in [4.69, 9.17) is 4.98 Å². The molecule has 0 bridgehead atoms.